The van der Waals surface area contributed by atoms with Crippen molar-refractivity contribution < 1.29 is 4.79 Å². The summed E-state index contributed by atoms with van der Waals surface area (Å²) in [4.78, 5) is 26.2. The van der Waals surface area contributed by atoms with Gasteiger partial charge in [0, 0.05) is 11.8 Å². The highest BCUT2D eigenvalue weighted by atomic mass is 16.2. The molecule has 2 aromatic heterocycles. The van der Waals surface area contributed by atoms with Gasteiger partial charge >= 0.3 is 5.69 Å². The number of aromatic amines is 1. The molecule has 0 spiro atoms. The molecule has 0 unspecified atom stereocenters. The van der Waals surface area contributed by atoms with Crippen LogP contribution in [0.2, 0.25) is 0 Å². The summed E-state index contributed by atoms with van der Waals surface area (Å²) in [6, 6.07) is 25.2. The van der Waals surface area contributed by atoms with Crippen molar-refractivity contribution in [1.29, 1.82) is 0 Å². The Morgan fingerprint density at radius 1 is 0.919 bits per heavy atom. The number of nitrogens with zero attached hydrogens (tertiary/aromatic N) is 5. The number of aromatic nitrogens is 6. The molecule has 0 saturated carbocycles. The molecule has 0 bridgehead atoms. The molecule has 0 saturated heterocycles. The average Bonchev–Trinajstić information content (AvgIpc) is 3.57. The monoisotopic (exact) mass is 488 g/mol. The van der Waals surface area contributed by atoms with Gasteiger partial charge < -0.3 is 0 Å². The van der Waals surface area contributed by atoms with Gasteiger partial charge in [0.1, 0.15) is 0 Å². The van der Waals surface area contributed by atoms with Crippen LogP contribution in [-0.4, -0.2) is 35.7 Å². The predicted molar refractivity (Wildman–Crippen MR) is 141 cm³/mol. The van der Waals surface area contributed by atoms with Gasteiger partial charge in [0.05, 0.1) is 25.1 Å². The molecule has 3 aromatic carbocycles. The van der Waals surface area contributed by atoms with Crippen molar-refractivity contribution in [3.63, 3.8) is 0 Å². The van der Waals surface area contributed by atoms with Gasteiger partial charge in [-0.25, -0.2) is 9.36 Å². The van der Waals surface area contributed by atoms with Crippen LogP contribution in [0.15, 0.2) is 89.9 Å². The first-order chi connectivity index (χ1) is 18.1. The zero-order valence-corrected chi connectivity index (χ0v) is 20.3. The molecular formula is C29H24N6O2. The van der Waals surface area contributed by atoms with Crippen LogP contribution in [0.3, 0.4) is 0 Å². The Balaban J connectivity index is 1.43. The van der Waals surface area contributed by atoms with Gasteiger partial charge in [0.15, 0.2) is 0 Å². The second-order valence-corrected chi connectivity index (χ2v) is 8.50. The molecule has 8 heteroatoms. The smallest absolute Gasteiger partial charge is 0.291 e. The highest BCUT2D eigenvalue weighted by molar-refractivity contribution is 5.81. The van der Waals surface area contributed by atoms with Crippen LogP contribution in [0.1, 0.15) is 28.5 Å². The van der Waals surface area contributed by atoms with E-state index in [1.807, 2.05) is 78.9 Å². The molecule has 0 aliphatic rings. The number of carbonyl (C=O) groups excluding carboxylic acids is 1. The molecule has 2 heterocycles. The Morgan fingerprint density at radius 3 is 2.35 bits per heavy atom. The SMILES string of the molecule is CC#CCc1cn(C(=O)Cc2ccccc2)c(=O)n1Cc1ccc(-c2ccccc2-c2nn[nH]n2)cc1. The third-order valence-electron chi connectivity index (χ3n) is 6.09. The van der Waals surface area contributed by atoms with E-state index >= 15 is 0 Å². The Kier molecular flexibility index (Phi) is 6.86. The number of tetrazole rings is 1. The number of imidazole rings is 1. The van der Waals surface area contributed by atoms with E-state index in [0.717, 1.165) is 27.8 Å². The number of H-pyrrole nitrogens is 1. The molecule has 0 radical (unpaired) electrons. The van der Waals surface area contributed by atoms with Crippen molar-refractivity contribution in [3.05, 3.63) is 112 Å². The molecule has 0 aliphatic heterocycles. The Morgan fingerprint density at radius 2 is 1.65 bits per heavy atom. The van der Waals surface area contributed by atoms with Gasteiger partial charge in [0.2, 0.25) is 11.7 Å². The highest BCUT2D eigenvalue weighted by Crippen LogP contribution is 2.29. The van der Waals surface area contributed by atoms with E-state index in [2.05, 4.69) is 32.5 Å². The molecule has 0 amide bonds. The van der Waals surface area contributed by atoms with Crippen LogP contribution in [-0.2, 0) is 19.4 Å². The van der Waals surface area contributed by atoms with E-state index in [9.17, 15) is 9.59 Å². The number of nitrogens with one attached hydrogen (secondary N) is 1. The van der Waals surface area contributed by atoms with Crippen molar-refractivity contribution in [3.8, 4) is 34.4 Å². The van der Waals surface area contributed by atoms with E-state index in [0.29, 0.717) is 24.5 Å². The normalized spacial score (nSPS) is 10.6. The summed E-state index contributed by atoms with van der Waals surface area (Å²) in [5.41, 5.74) is 4.97. The van der Waals surface area contributed by atoms with E-state index in [4.69, 9.17) is 0 Å². The van der Waals surface area contributed by atoms with E-state index < -0.39 is 0 Å². The van der Waals surface area contributed by atoms with Crippen LogP contribution in [0, 0.1) is 11.8 Å². The van der Waals surface area contributed by atoms with Gasteiger partial charge in [-0.05, 0) is 34.4 Å². The second-order valence-electron chi connectivity index (χ2n) is 8.50. The summed E-state index contributed by atoms with van der Waals surface area (Å²) in [5.74, 6) is 6.14. The molecule has 0 fully saturated rings. The summed E-state index contributed by atoms with van der Waals surface area (Å²) >= 11 is 0. The Labute approximate surface area is 213 Å². The number of hydrogen-bond acceptors (Lipinski definition) is 5. The van der Waals surface area contributed by atoms with Crippen molar-refractivity contribution in [2.75, 3.05) is 0 Å². The Hall–Kier alpha value is -5.03. The number of hydrogen-bond donors (Lipinski definition) is 1. The lowest BCUT2D eigenvalue weighted by Crippen LogP contribution is -2.30. The third kappa shape index (κ3) is 5.16. The highest BCUT2D eigenvalue weighted by Gasteiger charge is 2.17. The van der Waals surface area contributed by atoms with Gasteiger partial charge in [-0.2, -0.15) is 5.21 Å². The largest absolute Gasteiger partial charge is 0.335 e. The predicted octanol–water partition coefficient (Wildman–Crippen LogP) is 3.99. The van der Waals surface area contributed by atoms with Crippen molar-refractivity contribution in [1.82, 2.24) is 29.8 Å². The zero-order chi connectivity index (χ0) is 25.6. The first-order valence-corrected chi connectivity index (χ1v) is 11.8. The maximum absolute atomic E-state index is 13.3. The van der Waals surface area contributed by atoms with E-state index in [1.165, 1.54) is 4.57 Å². The second kappa shape index (κ2) is 10.7. The maximum atomic E-state index is 13.3. The molecular weight excluding hydrogens is 464 g/mol. The lowest BCUT2D eigenvalue weighted by atomic mass is 9.98. The van der Waals surface area contributed by atoms with Gasteiger partial charge in [0.25, 0.3) is 0 Å². The zero-order valence-electron chi connectivity index (χ0n) is 20.3. The fraction of sp³-hybridized carbons (Fsp3) is 0.138. The molecule has 182 valence electrons. The minimum Gasteiger partial charge on any atom is -0.291 e. The van der Waals surface area contributed by atoms with Gasteiger partial charge in [-0.1, -0.05) is 84.8 Å². The first kappa shape index (κ1) is 23.7. The molecule has 8 nitrogen and oxygen atoms in total. The van der Waals surface area contributed by atoms with Crippen LogP contribution in [0.4, 0.5) is 0 Å². The van der Waals surface area contributed by atoms with Crippen molar-refractivity contribution >= 4 is 5.91 Å². The number of benzene rings is 3. The molecule has 0 atom stereocenters. The summed E-state index contributed by atoms with van der Waals surface area (Å²) in [7, 11) is 0. The number of carbonyl (C=O) groups is 1. The minimum atomic E-state index is -0.361. The van der Waals surface area contributed by atoms with Crippen LogP contribution in [0.5, 0.6) is 0 Å². The summed E-state index contributed by atoms with van der Waals surface area (Å²) < 4.78 is 2.82. The summed E-state index contributed by atoms with van der Waals surface area (Å²) in [6.45, 7) is 2.09. The summed E-state index contributed by atoms with van der Waals surface area (Å²) in [6.07, 6.45) is 2.15. The van der Waals surface area contributed by atoms with Crippen LogP contribution in [0.25, 0.3) is 22.5 Å². The molecule has 0 aliphatic carbocycles. The molecule has 5 rings (SSSR count). The topological polar surface area (TPSA) is 98.5 Å². The fourth-order valence-electron chi connectivity index (χ4n) is 4.23. The average molecular weight is 489 g/mol. The van der Waals surface area contributed by atoms with E-state index in [1.54, 1.807) is 17.7 Å². The maximum Gasteiger partial charge on any atom is 0.335 e. The molecule has 1 N–H and O–H groups in total. The van der Waals surface area contributed by atoms with Crippen molar-refractivity contribution in [2.45, 2.75) is 26.3 Å². The standard InChI is InChI=1S/C29H24N6O2/c1-2-3-11-24-20-35(27(36)18-21-9-5-4-6-10-21)29(37)34(24)19-22-14-16-23(17-15-22)25-12-7-8-13-26(25)28-30-32-33-31-28/h4-10,12-17,20H,11,18-19H2,1H3,(H,30,31,32,33). The van der Waals surface area contributed by atoms with Gasteiger partial charge in [-0.3, -0.25) is 9.36 Å². The lowest BCUT2D eigenvalue weighted by Gasteiger charge is -2.09. The van der Waals surface area contributed by atoms with Gasteiger partial charge in [-0.15, -0.1) is 16.1 Å². The van der Waals surface area contributed by atoms with Crippen molar-refractivity contribution in [2.24, 2.45) is 0 Å². The number of rotatable bonds is 7. The molecule has 37 heavy (non-hydrogen) atoms. The van der Waals surface area contributed by atoms with Crippen LogP contribution < -0.4 is 5.69 Å². The Bertz CT molecular complexity index is 1640. The fourth-order valence-corrected chi connectivity index (χ4v) is 4.23. The minimum absolute atomic E-state index is 0.151. The molecule has 5 aromatic rings. The third-order valence-corrected chi connectivity index (χ3v) is 6.09. The van der Waals surface area contributed by atoms with E-state index in [-0.39, 0.29) is 18.0 Å². The first-order valence-electron chi connectivity index (χ1n) is 11.8. The lowest BCUT2D eigenvalue weighted by molar-refractivity contribution is 0.0909. The summed E-state index contributed by atoms with van der Waals surface area (Å²) in [5, 5.41) is 14.4. The van der Waals surface area contributed by atoms with Crippen LogP contribution >= 0.6 is 0 Å². The quantitative estimate of drug-likeness (QED) is 0.349.